The minimum Gasteiger partial charge on any atom is -0.497 e. The van der Waals surface area contributed by atoms with Crippen molar-refractivity contribution < 1.29 is 19.1 Å². The Morgan fingerprint density at radius 1 is 1.11 bits per heavy atom. The summed E-state index contributed by atoms with van der Waals surface area (Å²) in [6, 6.07) is 9.45. The van der Waals surface area contributed by atoms with E-state index < -0.39 is 12.1 Å². The Bertz CT molecular complexity index is 806. The molecule has 0 aliphatic heterocycles. The fourth-order valence-electron chi connectivity index (χ4n) is 3.13. The minimum atomic E-state index is -0.877. The third kappa shape index (κ3) is 4.90. The van der Waals surface area contributed by atoms with Crippen LogP contribution in [0.25, 0.3) is 0 Å². The van der Waals surface area contributed by atoms with Gasteiger partial charge in [-0.25, -0.2) is 4.79 Å². The maximum atomic E-state index is 12.5. The van der Waals surface area contributed by atoms with Crippen LogP contribution in [0.4, 0.5) is 0 Å². The first-order valence-electron chi connectivity index (χ1n) is 9.04. The lowest BCUT2D eigenvalue weighted by Crippen LogP contribution is -2.35. The van der Waals surface area contributed by atoms with Crippen molar-refractivity contribution in [2.45, 2.75) is 53.3 Å². The highest BCUT2D eigenvalue weighted by Crippen LogP contribution is 2.21. The summed E-state index contributed by atoms with van der Waals surface area (Å²) in [5.41, 5.74) is 3.27. The van der Waals surface area contributed by atoms with E-state index in [-0.39, 0.29) is 11.9 Å². The third-order valence-electron chi connectivity index (χ3n) is 4.50. The van der Waals surface area contributed by atoms with Gasteiger partial charge in [0.15, 0.2) is 6.10 Å². The van der Waals surface area contributed by atoms with Crippen LogP contribution in [0.1, 0.15) is 54.1 Å². The molecule has 0 fully saturated rings. The summed E-state index contributed by atoms with van der Waals surface area (Å²) in [6.07, 6.45) is -0.877. The molecule has 27 heavy (non-hydrogen) atoms. The lowest BCUT2D eigenvalue weighted by molar-refractivity contribution is -0.129. The molecule has 1 N–H and O–H groups in total. The molecule has 1 aromatic carbocycles. The maximum Gasteiger partial charge on any atom is 0.340 e. The van der Waals surface area contributed by atoms with Crippen LogP contribution >= 0.6 is 0 Å². The topological polar surface area (TPSA) is 69.6 Å². The van der Waals surface area contributed by atoms with E-state index in [1.54, 1.807) is 20.1 Å². The Balaban J connectivity index is 1.95. The highest BCUT2D eigenvalue weighted by Gasteiger charge is 2.23. The van der Waals surface area contributed by atoms with Gasteiger partial charge in [-0.05, 0) is 58.4 Å². The van der Waals surface area contributed by atoms with Crippen molar-refractivity contribution in [3.8, 4) is 5.75 Å². The number of benzene rings is 1. The fraction of sp³-hybridized carbons (Fsp3) is 0.429. The smallest absolute Gasteiger partial charge is 0.340 e. The molecule has 0 aliphatic rings. The molecular weight excluding hydrogens is 344 g/mol. The van der Waals surface area contributed by atoms with Gasteiger partial charge in [-0.1, -0.05) is 12.1 Å². The summed E-state index contributed by atoms with van der Waals surface area (Å²) in [5.74, 6) is -0.0645. The van der Waals surface area contributed by atoms with E-state index in [0.717, 1.165) is 22.7 Å². The van der Waals surface area contributed by atoms with Crippen LogP contribution < -0.4 is 10.1 Å². The molecule has 0 bridgehead atoms. The average Bonchev–Trinajstić information content (AvgIpc) is 2.94. The Morgan fingerprint density at radius 2 is 1.74 bits per heavy atom. The van der Waals surface area contributed by atoms with Gasteiger partial charge >= 0.3 is 5.97 Å². The van der Waals surface area contributed by atoms with Crippen LogP contribution in [-0.2, 0) is 16.1 Å². The number of nitrogens with one attached hydrogen (secondary N) is 1. The normalized spacial score (nSPS) is 12.0. The molecule has 1 atom stereocenters. The number of carbonyl (C=O) groups is 2. The van der Waals surface area contributed by atoms with Crippen molar-refractivity contribution in [3.63, 3.8) is 0 Å². The first-order chi connectivity index (χ1) is 12.7. The van der Waals surface area contributed by atoms with Crippen LogP contribution in [0.2, 0.25) is 0 Å². The van der Waals surface area contributed by atoms with Crippen molar-refractivity contribution in [1.82, 2.24) is 9.88 Å². The number of carbonyl (C=O) groups excluding carboxylic acids is 2. The van der Waals surface area contributed by atoms with Gasteiger partial charge in [-0.15, -0.1) is 0 Å². The summed E-state index contributed by atoms with van der Waals surface area (Å²) >= 11 is 0. The van der Waals surface area contributed by atoms with E-state index in [0.29, 0.717) is 12.1 Å². The molecule has 0 saturated heterocycles. The first-order valence-corrected chi connectivity index (χ1v) is 9.04. The fourth-order valence-corrected chi connectivity index (χ4v) is 3.13. The zero-order valence-electron chi connectivity index (χ0n) is 16.8. The first kappa shape index (κ1) is 20.6. The predicted octanol–water partition coefficient (Wildman–Crippen LogP) is 3.56. The molecule has 1 aromatic heterocycles. The second-order valence-electron chi connectivity index (χ2n) is 6.86. The predicted molar refractivity (Wildman–Crippen MR) is 104 cm³/mol. The summed E-state index contributed by atoms with van der Waals surface area (Å²) in [5, 5.41) is 2.78. The molecule has 1 amide bonds. The Labute approximate surface area is 160 Å². The molecule has 0 saturated carbocycles. The van der Waals surface area contributed by atoms with Gasteiger partial charge in [0.05, 0.1) is 12.7 Å². The van der Waals surface area contributed by atoms with Crippen LogP contribution in [0.3, 0.4) is 0 Å². The molecule has 2 aromatic rings. The Kier molecular flexibility index (Phi) is 6.66. The zero-order valence-corrected chi connectivity index (χ0v) is 16.8. The standard InChI is InChI=1S/C21H28N2O4/c1-13(2)23-14(3)11-19(15(23)4)21(25)27-16(5)20(24)22-12-17-7-9-18(26-6)10-8-17/h7-11,13,16H,12H2,1-6H3,(H,22,24)/t16-/m1/s1. The van der Waals surface area contributed by atoms with Crippen molar-refractivity contribution >= 4 is 11.9 Å². The summed E-state index contributed by atoms with van der Waals surface area (Å²) in [7, 11) is 1.60. The molecule has 2 rings (SSSR count). The van der Waals surface area contributed by atoms with Crippen molar-refractivity contribution in [3.05, 3.63) is 52.8 Å². The molecule has 1 heterocycles. The number of methoxy groups -OCH3 is 1. The summed E-state index contributed by atoms with van der Waals surface area (Å²) in [6.45, 7) is 9.89. The van der Waals surface area contributed by atoms with Gasteiger partial charge < -0.3 is 19.4 Å². The molecule has 146 valence electrons. The van der Waals surface area contributed by atoms with Gasteiger partial charge in [-0.2, -0.15) is 0 Å². The second-order valence-corrected chi connectivity index (χ2v) is 6.86. The maximum absolute atomic E-state index is 12.5. The number of hydrogen-bond donors (Lipinski definition) is 1. The monoisotopic (exact) mass is 372 g/mol. The molecule has 0 aliphatic carbocycles. The number of esters is 1. The number of nitrogens with zero attached hydrogens (tertiary/aromatic N) is 1. The average molecular weight is 372 g/mol. The molecule has 0 unspecified atom stereocenters. The Morgan fingerprint density at radius 3 is 2.26 bits per heavy atom. The van der Waals surface area contributed by atoms with E-state index in [1.807, 2.05) is 38.1 Å². The number of ether oxygens (including phenoxy) is 2. The number of rotatable bonds is 7. The number of amides is 1. The highest BCUT2D eigenvalue weighted by molar-refractivity contribution is 5.93. The van der Waals surface area contributed by atoms with E-state index in [2.05, 4.69) is 23.7 Å². The summed E-state index contributed by atoms with van der Waals surface area (Å²) < 4.78 is 12.5. The largest absolute Gasteiger partial charge is 0.497 e. The van der Waals surface area contributed by atoms with E-state index >= 15 is 0 Å². The van der Waals surface area contributed by atoms with Gasteiger partial charge in [0.1, 0.15) is 5.75 Å². The van der Waals surface area contributed by atoms with Gasteiger partial charge in [0.2, 0.25) is 0 Å². The molecule has 6 nitrogen and oxygen atoms in total. The lowest BCUT2D eigenvalue weighted by Gasteiger charge is -2.15. The molecule has 0 radical (unpaired) electrons. The molecule has 6 heteroatoms. The van der Waals surface area contributed by atoms with Crippen LogP contribution in [-0.4, -0.2) is 29.7 Å². The van der Waals surface area contributed by atoms with Gasteiger partial charge in [0, 0.05) is 24.0 Å². The van der Waals surface area contributed by atoms with E-state index in [9.17, 15) is 9.59 Å². The van der Waals surface area contributed by atoms with Crippen LogP contribution in [0.15, 0.2) is 30.3 Å². The summed E-state index contributed by atoms with van der Waals surface area (Å²) in [4.78, 5) is 24.7. The van der Waals surface area contributed by atoms with Crippen LogP contribution in [0.5, 0.6) is 5.75 Å². The quantitative estimate of drug-likeness (QED) is 0.755. The molecule has 0 spiro atoms. The SMILES string of the molecule is COc1ccc(CNC(=O)[C@@H](C)OC(=O)c2cc(C)n(C(C)C)c2C)cc1. The van der Waals surface area contributed by atoms with E-state index in [1.165, 1.54) is 0 Å². The van der Waals surface area contributed by atoms with Crippen molar-refractivity contribution in [2.75, 3.05) is 7.11 Å². The van der Waals surface area contributed by atoms with Gasteiger partial charge in [-0.3, -0.25) is 4.79 Å². The third-order valence-corrected chi connectivity index (χ3v) is 4.50. The van der Waals surface area contributed by atoms with Gasteiger partial charge in [0.25, 0.3) is 5.91 Å². The molecular formula is C21H28N2O4. The lowest BCUT2D eigenvalue weighted by atomic mass is 10.2. The second kappa shape index (κ2) is 8.75. The Hall–Kier alpha value is -2.76. The number of aryl methyl sites for hydroxylation is 1. The van der Waals surface area contributed by atoms with Crippen LogP contribution in [0, 0.1) is 13.8 Å². The van der Waals surface area contributed by atoms with E-state index in [4.69, 9.17) is 9.47 Å². The van der Waals surface area contributed by atoms with Crippen molar-refractivity contribution in [2.24, 2.45) is 0 Å². The zero-order chi connectivity index (χ0) is 20.1. The number of aromatic nitrogens is 1. The van der Waals surface area contributed by atoms with Crippen molar-refractivity contribution in [1.29, 1.82) is 0 Å². The highest BCUT2D eigenvalue weighted by atomic mass is 16.5. The number of hydrogen-bond acceptors (Lipinski definition) is 4. The minimum absolute atomic E-state index is 0.247.